The van der Waals surface area contributed by atoms with E-state index in [0.29, 0.717) is 6.42 Å². The number of nitrogens with one attached hydrogen (secondary N) is 2. The molecule has 5 heteroatoms. The van der Waals surface area contributed by atoms with Crippen molar-refractivity contribution in [2.45, 2.75) is 6.42 Å². The predicted octanol–water partition coefficient (Wildman–Crippen LogP) is 0.625. The Morgan fingerprint density at radius 1 is 1.47 bits per heavy atom. The fourth-order valence-electron chi connectivity index (χ4n) is 2.16. The van der Waals surface area contributed by atoms with E-state index in [2.05, 4.69) is 9.97 Å². The average molecular weight is 226 g/mol. The second-order valence-corrected chi connectivity index (χ2v) is 4.03. The largest absolute Gasteiger partial charge is 0.384 e. The van der Waals surface area contributed by atoms with Crippen molar-refractivity contribution in [1.82, 2.24) is 9.97 Å². The Morgan fingerprint density at radius 2 is 2.29 bits per heavy atom. The number of aromatic nitrogens is 2. The van der Waals surface area contributed by atoms with E-state index in [1.807, 2.05) is 6.07 Å². The summed E-state index contributed by atoms with van der Waals surface area (Å²) in [5, 5.41) is 7.37. The highest BCUT2D eigenvalue weighted by Gasteiger charge is 2.21. The maximum absolute atomic E-state index is 11.7. The summed E-state index contributed by atoms with van der Waals surface area (Å²) in [5.74, 6) is -0.216. The van der Waals surface area contributed by atoms with Crippen LogP contribution in [0.3, 0.4) is 0 Å². The molecule has 1 aliphatic rings. The van der Waals surface area contributed by atoms with Crippen LogP contribution in [0.2, 0.25) is 0 Å². The van der Waals surface area contributed by atoms with Gasteiger partial charge < -0.3 is 10.7 Å². The fourth-order valence-corrected chi connectivity index (χ4v) is 2.16. The maximum atomic E-state index is 11.7. The minimum atomic E-state index is -0.308. The molecule has 5 nitrogen and oxygen atoms in total. The van der Waals surface area contributed by atoms with Crippen molar-refractivity contribution in [3.05, 3.63) is 51.7 Å². The zero-order valence-corrected chi connectivity index (χ0v) is 8.95. The monoisotopic (exact) mass is 226 g/mol. The first-order valence-electron chi connectivity index (χ1n) is 5.20. The molecule has 0 saturated heterocycles. The van der Waals surface area contributed by atoms with Gasteiger partial charge in [-0.25, -0.2) is 0 Å². The number of nitrogens with zero attached hydrogens (tertiary/aromatic N) is 1. The first kappa shape index (κ1) is 9.77. The Labute approximate surface area is 96.8 Å². The zero-order chi connectivity index (χ0) is 12.0. The van der Waals surface area contributed by atoms with E-state index in [-0.39, 0.29) is 17.0 Å². The number of aromatic amines is 1. The van der Waals surface area contributed by atoms with Gasteiger partial charge in [0.05, 0.1) is 5.56 Å². The van der Waals surface area contributed by atoms with E-state index in [4.69, 9.17) is 11.1 Å². The molecule has 84 valence electrons. The number of nitrogens with two attached hydrogens (primary N) is 1. The minimum absolute atomic E-state index is 0.209. The van der Waals surface area contributed by atoms with Crippen LogP contribution in [0.4, 0.5) is 0 Å². The second kappa shape index (κ2) is 3.28. The Kier molecular flexibility index (Phi) is 1.89. The van der Waals surface area contributed by atoms with Gasteiger partial charge in [-0.05, 0) is 17.7 Å². The van der Waals surface area contributed by atoms with Gasteiger partial charge in [-0.2, -0.15) is 0 Å². The van der Waals surface area contributed by atoms with E-state index < -0.39 is 0 Å². The standard InChI is InChI=1S/C12H10N4O/c13-11(14)8-4-7-9-5-15-2-1-6(9)3-10(7)16-12(8)17/h1-2,4-5H,3H2,(H3,13,14)(H,16,17). The molecule has 0 saturated carbocycles. The van der Waals surface area contributed by atoms with Gasteiger partial charge in [-0.15, -0.1) is 0 Å². The molecule has 0 aliphatic heterocycles. The van der Waals surface area contributed by atoms with Gasteiger partial charge >= 0.3 is 0 Å². The second-order valence-electron chi connectivity index (χ2n) is 4.03. The summed E-state index contributed by atoms with van der Waals surface area (Å²) in [6.07, 6.45) is 4.19. The Balaban J connectivity index is 2.30. The highest BCUT2D eigenvalue weighted by molar-refractivity contribution is 5.96. The molecular formula is C12H10N4O. The number of amidine groups is 1. The lowest BCUT2D eigenvalue weighted by molar-refractivity contribution is 1.08. The molecule has 0 radical (unpaired) electrons. The van der Waals surface area contributed by atoms with Crippen LogP contribution in [0, 0.1) is 5.41 Å². The molecule has 0 aromatic carbocycles. The van der Waals surface area contributed by atoms with Crippen molar-refractivity contribution in [2.75, 3.05) is 0 Å². The molecule has 17 heavy (non-hydrogen) atoms. The van der Waals surface area contributed by atoms with Crippen molar-refractivity contribution in [2.24, 2.45) is 5.73 Å². The van der Waals surface area contributed by atoms with Crippen LogP contribution >= 0.6 is 0 Å². The third kappa shape index (κ3) is 1.36. The number of rotatable bonds is 1. The van der Waals surface area contributed by atoms with Crippen molar-refractivity contribution in [3.63, 3.8) is 0 Å². The Morgan fingerprint density at radius 3 is 3.06 bits per heavy atom. The number of pyridine rings is 2. The van der Waals surface area contributed by atoms with E-state index in [9.17, 15) is 4.79 Å². The van der Waals surface area contributed by atoms with E-state index in [1.165, 1.54) is 0 Å². The summed E-state index contributed by atoms with van der Waals surface area (Å²) in [7, 11) is 0. The van der Waals surface area contributed by atoms with Crippen LogP contribution in [-0.4, -0.2) is 15.8 Å². The Bertz CT molecular complexity index is 687. The molecule has 0 unspecified atom stereocenters. The van der Waals surface area contributed by atoms with Crippen molar-refractivity contribution in [3.8, 4) is 11.1 Å². The summed E-state index contributed by atoms with van der Waals surface area (Å²) in [6.45, 7) is 0. The molecular weight excluding hydrogens is 216 g/mol. The van der Waals surface area contributed by atoms with E-state index >= 15 is 0 Å². The molecule has 1 aliphatic carbocycles. The van der Waals surface area contributed by atoms with Crippen LogP contribution in [0.5, 0.6) is 0 Å². The molecule has 3 rings (SSSR count). The van der Waals surface area contributed by atoms with E-state index in [1.54, 1.807) is 18.5 Å². The summed E-state index contributed by atoms with van der Waals surface area (Å²) in [5.41, 5.74) is 9.19. The molecule has 4 N–H and O–H groups in total. The summed E-state index contributed by atoms with van der Waals surface area (Å²) < 4.78 is 0. The summed E-state index contributed by atoms with van der Waals surface area (Å²) in [4.78, 5) is 18.5. The third-order valence-corrected chi connectivity index (χ3v) is 2.98. The van der Waals surface area contributed by atoms with Gasteiger partial charge in [-0.3, -0.25) is 15.2 Å². The zero-order valence-electron chi connectivity index (χ0n) is 8.95. The van der Waals surface area contributed by atoms with Crippen LogP contribution in [0.25, 0.3) is 11.1 Å². The number of hydrogen-bond donors (Lipinski definition) is 3. The van der Waals surface area contributed by atoms with Crippen LogP contribution in [0.15, 0.2) is 29.3 Å². The number of fused-ring (bicyclic) bond motifs is 3. The highest BCUT2D eigenvalue weighted by atomic mass is 16.1. The average Bonchev–Trinajstić information content (AvgIpc) is 2.64. The summed E-state index contributed by atoms with van der Waals surface area (Å²) in [6, 6.07) is 3.60. The van der Waals surface area contributed by atoms with Crippen molar-refractivity contribution < 1.29 is 0 Å². The smallest absolute Gasteiger partial charge is 0.259 e. The molecule has 2 heterocycles. The normalized spacial score (nSPS) is 12.0. The number of nitrogen functional groups attached to an aromatic ring is 1. The van der Waals surface area contributed by atoms with E-state index in [0.717, 1.165) is 22.4 Å². The van der Waals surface area contributed by atoms with Gasteiger partial charge in [0.15, 0.2) is 0 Å². The molecule has 2 aromatic rings. The van der Waals surface area contributed by atoms with Crippen LogP contribution in [-0.2, 0) is 6.42 Å². The van der Waals surface area contributed by atoms with Crippen molar-refractivity contribution in [1.29, 1.82) is 5.41 Å². The fraction of sp³-hybridized carbons (Fsp3) is 0.0833. The van der Waals surface area contributed by atoms with Gasteiger partial charge in [0.1, 0.15) is 5.84 Å². The molecule has 0 spiro atoms. The quantitative estimate of drug-likeness (QED) is 0.419. The predicted molar refractivity (Wildman–Crippen MR) is 64.1 cm³/mol. The lowest BCUT2D eigenvalue weighted by Crippen LogP contribution is -2.24. The lowest BCUT2D eigenvalue weighted by atomic mass is 10.1. The lowest BCUT2D eigenvalue weighted by Gasteiger charge is -2.03. The first-order valence-corrected chi connectivity index (χ1v) is 5.20. The topological polar surface area (TPSA) is 95.6 Å². The first-order chi connectivity index (χ1) is 8.16. The minimum Gasteiger partial charge on any atom is -0.384 e. The molecule has 0 fully saturated rings. The maximum Gasteiger partial charge on any atom is 0.259 e. The number of H-pyrrole nitrogens is 1. The van der Waals surface area contributed by atoms with Crippen LogP contribution < -0.4 is 11.3 Å². The molecule has 0 atom stereocenters. The summed E-state index contributed by atoms with van der Waals surface area (Å²) >= 11 is 0. The molecule has 2 aromatic heterocycles. The Hall–Kier alpha value is -2.43. The van der Waals surface area contributed by atoms with Crippen LogP contribution in [0.1, 0.15) is 16.8 Å². The number of hydrogen-bond acceptors (Lipinski definition) is 3. The van der Waals surface area contributed by atoms with Gasteiger partial charge in [0, 0.05) is 35.6 Å². The van der Waals surface area contributed by atoms with Gasteiger partial charge in [-0.1, -0.05) is 0 Å². The molecule has 0 amide bonds. The molecule has 0 bridgehead atoms. The van der Waals surface area contributed by atoms with Gasteiger partial charge in [0.2, 0.25) is 0 Å². The van der Waals surface area contributed by atoms with Crippen molar-refractivity contribution >= 4 is 5.84 Å². The van der Waals surface area contributed by atoms with Gasteiger partial charge in [0.25, 0.3) is 5.56 Å². The third-order valence-electron chi connectivity index (χ3n) is 2.98. The highest BCUT2D eigenvalue weighted by Crippen LogP contribution is 2.33. The SMILES string of the molecule is N=C(N)c1cc2c([nH]c1=O)Cc1ccncc1-2.